The molecular weight excluding hydrogens is 417 g/mol. The van der Waals surface area contributed by atoms with Gasteiger partial charge in [-0.15, -0.1) is 0 Å². The van der Waals surface area contributed by atoms with E-state index in [1.165, 1.54) is 28.6 Å². The molecule has 1 aliphatic heterocycles. The van der Waals surface area contributed by atoms with Crippen LogP contribution in [-0.4, -0.2) is 40.8 Å². The number of aryl methyl sites for hydroxylation is 2. The molecule has 0 saturated carbocycles. The van der Waals surface area contributed by atoms with Gasteiger partial charge >= 0.3 is 0 Å². The zero-order valence-corrected chi connectivity index (χ0v) is 18.2. The highest BCUT2D eigenvalue weighted by Gasteiger charge is 2.30. The number of halogens is 1. The maximum atomic E-state index is 13.1. The molecule has 7 nitrogen and oxygen atoms in total. The summed E-state index contributed by atoms with van der Waals surface area (Å²) >= 11 is 0. The summed E-state index contributed by atoms with van der Waals surface area (Å²) in [6.07, 6.45) is 1.33. The van der Waals surface area contributed by atoms with E-state index in [0.29, 0.717) is 37.7 Å². The molecule has 0 bridgehead atoms. The highest BCUT2D eigenvalue weighted by Crippen LogP contribution is 2.30. The van der Waals surface area contributed by atoms with Crippen LogP contribution in [-0.2, 0) is 10.0 Å². The minimum atomic E-state index is -3.62. The Morgan fingerprint density at radius 3 is 2.26 bits per heavy atom. The third-order valence-corrected chi connectivity index (χ3v) is 7.23. The third-order valence-electron chi connectivity index (χ3n) is 5.32. The van der Waals surface area contributed by atoms with Gasteiger partial charge in [-0.3, -0.25) is 0 Å². The number of anilines is 2. The fourth-order valence-electron chi connectivity index (χ4n) is 3.79. The highest BCUT2D eigenvalue weighted by molar-refractivity contribution is 7.89. The van der Waals surface area contributed by atoms with E-state index < -0.39 is 15.8 Å². The lowest BCUT2D eigenvalue weighted by atomic mass is 9.94. The number of pyridine rings is 1. The maximum absolute atomic E-state index is 13.1. The van der Waals surface area contributed by atoms with Gasteiger partial charge in [0.15, 0.2) is 0 Å². The van der Waals surface area contributed by atoms with Crippen LogP contribution in [0.25, 0.3) is 0 Å². The second kappa shape index (κ2) is 8.68. The van der Waals surface area contributed by atoms with Gasteiger partial charge in [0.05, 0.1) is 4.90 Å². The van der Waals surface area contributed by atoms with Crippen LogP contribution in [0.1, 0.15) is 35.8 Å². The van der Waals surface area contributed by atoms with Crippen LogP contribution in [0.5, 0.6) is 0 Å². The summed E-state index contributed by atoms with van der Waals surface area (Å²) in [7, 11) is -3.62. The number of sulfonamides is 1. The minimum absolute atomic E-state index is 0.116. The van der Waals surface area contributed by atoms with Gasteiger partial charge in [-0.1, -0.05) is 6.07 Å². The van der Waals surface area contributed by atoms with E-state index in [1.807, 2.05) is 38.1 Å². The Balaban J connectivity index is 1.44. The van der Waals surface area contributed by atoms with Crippen molar-refractivity contribution in [3.8, 4) is 0 Å². The van der Waals surface area contributed by atoms with Crippen molar-refractivity contribution in [3.63, 3.8) is 0 Å². The summed E-state index contributed by atoms with van der Waals surface area (Å²) in [6, 6.07) is 12.6. The molecule has 0 aliphatic carbocycles. The number of nitrogens with zero attached hydrogens (tertiary/aromatic N) is 4. The first-order valence-corrected chi connectivity index (χ1v) is 11.6. The van der Waals surface area contributed by atoms with Gasteiger partial charge in [0.25, 0.3) is 0 Å². The van der Waals surface area contributed by atoms with Crippen molar-refractivity contribution in [1.29, 1.82) is 0 Å². The maximum Gasteiger partial charge on any atom is 0.243 e. The van der Waals surface area contributed by atoms with Crippen molar-refractivity contribution in [1.82, 2.24) is 19.3 Å². The molecule has 0 radical (unpaired) electrons. The fraction of sp³-hybridized carbons (Fsp3) is 0.318. The quantitative estimate of drug-likeness (QED) is 0.645. The molecule has 1 aliphatic rings. The standard InChI is InChI=1S/C22H24FN5O2S/c1-15-14-16(2)25-22(24-15)27-21-5-3-4-20(26-21)17-10-12-28(13-11-17)31(29,30)19-8-6-18(23)7-9-19/h3-9,14,17H,10-13H2,1-2H3,(H,24,25,26,27). The lowest BCUT2D eigenvalue weighted by molar-refractivity contribution is 0.317. The van der Waals surface area contributed by atoms with E-state index in [4.69, 9.17) is 4.98 Å². The Bertz CT molecular complexity index is 1160. The Kier molecular flexibility index (Phi) is 5.97. The zero-order chi connectivity index (χ0) is 22.0. The molecule has 3 heterocycles. The van der Waals surface area contributed by atoms with E-state index in [2.05, 4.69) is 15.3 Å². The molecule has 1 aromatic carbocycles. The van der Waals surface area contributed by atoms with Crippen LogP contribution in [0.3, 0.4) is 0 Å². The SMILES string of the molecule is Cc1cc(C)nc(Nc2cccc(C3CCN(S(=O)(=O)c4ccc(F)cc4)CC3)n2)n1. The van der Waals surface area contributed by atoms with E-state index >= 15 is 0 Å². The summed E-state index contributed by atoms with van der Waals surface area (Å²) in [5, 5.41) is 3.15. The Labute approximate surface area is 181 Å². The van der Waals surface area contributed by atoms with E-state index in [0.717, 1.165) is 17.1 Å². The van der Waals surface area contributed by atoms with Gasteiger partial charge in [-0.2, -0.15) is 4.31 Å². The van der Waals surface area contributed by atoms with E-state index in [1.54, 1.807) is 0 Å². The highest BCUT2D eigenvalue weighted by atomic mass is 32.2. The fourth-order valence-corrected chi connectivity index (χ4v) is 5.26. The molecule has 1 saturated heterocycles. The predicted molar refractivity (Wildman–Crippen MR) is 116 cm³/mol. The normalized spacial score (nSPS) is 15.7. The van der Waals surface area contributed by atoms with Crippen LogP contribution < -0.4 is 5.32 Å². The van der Waals surface area contributed by atoms with Crippen molar-refractivity contribution < 1.29 is 12.8 Å². The number of hydrogen-bond acceptors (Lipinski definition) is 6. The molecule has 1 N–H and O–H groups in total. The zero-order valence-electron chi connectivity index (χ0n) is 17.4. The van der Waals surface area contributed by atoms with Gasteiger partial charge in [-0.05, 0) is 69.2 Å². The number of aromatic nitrogens is 3. The number of piperidine rings is 1. The summed E-state index contributed by atoms with van der Waals surface area (Å²) in [5.74, 6) is 0.858. The first-order valence-electron chi connectivity index (χ1n) is 10.1. The van der Waals surface area contributed by atoms with Crippen LogP contribution >= 0.6 is 0 Å². The summed E-state index contributed by atoms with van der Waals surface area (Å²) < 4.78 is 40.2. The monoisotopic (exact) mass is 441 g/mol. The van der Waals surface area contributed by atoms with Gasteiger partial charge < -0.3 is 5.32 Å². The Morgan fingerprint density at radius 1 is 0.968 bits per heavy atom. The molecule has 1 fully saturated rings. The topological polar surface area (TPSA) is 88.1 Å². The third kappa shape index (κ3) is 4.88. The number of hydrogen-bond donors (Lipinski definition) is 1. The average Bonchev–Trinajstić information content (AvgIpc) is 2.74. The van der Waals surface area contributed by atoms with Crippen molar-refractivity contribution in [2.45, 2.75) is 37.5 Å². The first-order chi connectivity index (χ1) is 14.8. The first kappa shape index (κ1) is 21.3. The van der Waals surface area contributed by atoms with Gasteiger partial charge in [0.1, 0.15) is 11.6 Å². The molecular formula is C22H24FN5O2S. The molecule has 0 spiro atoms. The molecule has 2 aromatic heterocycles. The Hall–Kier alpha value is -2.91. The smallest absolute Gasteiger partial charge is 0.243 e. The Morgan fingerprint density at radius 2 is 1.61 bits per heavy atom. The molecule has 9 heteroatoms. The minimum Gasteiger partial charge on any atom is -0.309 e. The van der Waals surface area contributed by atoms with Crippen molar-refractivity contribution in [2.75, 3.05) is 18.4 Å². The lowest BCUT2D eigenvalue weighted by Crippen LogP contribution is -2.38. The molecule has 0 unspecified atom stereocenters. The van der Waals surface area contributed by atoms with Crippen LogP contribution in [0.2, 0.25) is 0 Å². The van der Waals surface area contributed by atoms with Crippen molar-refractivity contribution >= 4 is 21.8 Å². The number of rotatable bonds is 5. The second-order valence-corrected chi connectivity index (χ2v) is 9.62. The van der Waals surface area contributed by atoms with Crippen LogP contribution in [0, 0.1) is 19.7 Å². The second-order valence-electron chi connectivity index (χ2n) is 7.68. The number of benzene rings is 1. The molecule has 0 amide bonds. The molecule has 3 aromatic rings. The number of nitrogens with one attached hydrogen (secondary N) is 1. The van der Waals surface area contributed by atoms with Crippen molar-refractivity contribution in [2.24, 2.45) is 0 Å². The van der Waals surface area contributed by atoms with E-state index in [-0.39, 0.29) is 10.8 Å². The average molecular weight is 442 g/mol. The molecule has 0 atom stereocenters. The molecule has 31 heavy (non-hydrogen) atoms. The summed E-state index contributed by atoms with van der Waals surface area (Å²) in [6.45, 7) is 4.61. The lowest BCUT2D eigenvalue weighted by Gasteiger charge is -2.31. The van der Waals surface area contributed by atoms with E-state index in [9.17, 15) is 12.8 Å². The van der Waals surface area contributed by atoms with Gasteiger partial charge in [0.2, 0.25) is 16.0 Å². The van der Waals surface area contributed by atoms with Gasteiger partial charge in [-0.25, -0.2) is 27.8 Å². The van der Waals surface area contributed by atoms with Crippen molar-refractivity contribution in [3.05, 3.63) is 71.4 Å². The van der Waals surface area contributed by atoms with Gasteiger partial charge in [0, 0.05) is 36.1 Å². The van der Waals surface area contributed by atoms with Crippen LogP contribution in [0.4, 0.5) is 16.2 Å². The molecule has 162 valence electrons. The summed E-state index contributed by atoms with van der Waals surface area (Å²) in [4.78, 5) is 13.6. The largest absolute Gasteiger partial charge is 0.309 e. The predicted octanol–water partition coefficient (Wildman–Crippen LogP) is 3.94. The van der Waals surface area contributed by atoms with Crippen LogP contribution in [0.15, 0.2) is 53.4 Å². The molecule has 4 rings (SSSR count). The summed E-state index contributed by atoms with van der Waals surface area (Å²) in [5.41, 5.74) is 2.66.